The maximum Gasteiger partial charge on any atom is 0.261 e. The van der Waals surface area contributed by atoms with Gasteiger partial charge in [0.2, 0.25) is 5.91 Å². The van der Waals surface area contributed by atoms with Crippen molar-refractivity contribution in [2.24, 2.45) is 0 Å². The summed E-state index contributed by atoms with van der Waals surface area (Å²) < 4.78 is 5.78. The molecule has 31 heavy (non-hydrogen) atoms. The number of hydrogen-bond acceptors (Lipinski definition) is 3. The molecule has 0 radical (unpaired) electrons. The quantitative estimate of drug-likeness (QED) is 0.655. The fourth-order valence-corrected chi connectivity index (χ4v) is 3.39. The molecule has 1 N–H and O–H groups in total. The van der Waals surface area contributed by atoms with Gasteiger partial charge in [-0.3, -0.25) is 9.59 Å². The molecule has 2 aromatic rings. The number of hydrogen-bond donors (Lipinski definition) is 1. The minimum atomic E-state index is -0.649. The number of nitrogens with zero attached hydrogens (tertiary/aromatic N) is 1. The van der Waals surface area contributed by atoms with E-state index in [1.165, 1.54) is 0 Å². The SMILES string of the molecule is Cc1cccc(CN(C(=O)COc2cc(C)c(Cl)c(C)c2)[C@H](C)C(=O)NC(C)(C)C)c1. The average molecular weight is 445 g/mol. The first-order chi connectivity index (χ1) is 14.4. The fourth-order valence-electron chi connectivity index (χ4n) is 3.28. The molecular formula is C25H33ClN2O3. The van der Waals surface area contributed by atoms with E-state index in [1.807, 2.05) is 77.9 Å². The maximum absolute atomic E-state index is 13.1. The van der Waals surface area contributed by atoms with Crippen LogP contribution in [0.4, 0.5) is 0 Å². The summed E-state index contributed by atoms with van der Waals surface area (Å²) in [6.45, 7) is 13.4. The van der Waals surface area contributed by atoms with Crippen molar-refractivity contribution in [1.29, 1.82) is 0 Å². The van der Waals surface area contributed by atoms with E-state index in [2.05, 4.69) is 5.32 Å². The van der Waals surface area contributed by atoms with Gasteiger partial charge in [0.15, 0.2) is 6.61 Å². The van der Waals surface area contributed by atoms with Crippen molar-refractivity contribution in [2.75, 3.05) is 6.61 Å². The van der Waals surface area contributed by atoms with Gasteiger partial charge in [0.25, 0.3) is 5.91 Å². The largest absolute Gasteiger partial charge is 0.484 e. The summed E-state index contributed by atoms with van der Waals surface area (Å²) in [5, 5.41) is 3.65. The summed E-state index contributed by atoms with van der Waals surface area (Å²) in [4.78, 5) is 27.5. The predicted molar refractivity (Wildman–Crippen MR) is 126 cm³/mol. The van der Waals surface area contributed by atoms with E-state index in [9.17, 15) is 9.59 Å². The highest BCUT2D eigenvalue weighted by Crippen LogP contribution is 2.26. The van der Waals surface area contributed by atoms with Crippen LogP contribution in [0.3, 0.4) is 0 Å². The van der Waals surface area contributed by atoms with Crippen LogP contribution in [0.15, 0.2) is 36.4 Å². The zero-order valence-electron chi connectivity index (χ0n) is 19.5. The van der Waals surface area contributed by atoms with Crippen LogP contribution < -0.4 is 10.1 Å². The monoisotopic (exact) mass is 444 g/mol. The van der Waals surface area contributed by atoms with Crippen LogP contribution in [0.25, 0.3) is 0 Å². The van der Waals surface area contributed by atoms with E-state index < -0.39 is 11.6 Å². The molecule has 1 atom stereocenters. The van der Waals surface area contributed by atoms with E-state index in [1.54, 1.807) is 11.8 Å². The molecule has 0 aliphatic heterocycles. The Balaban J connectivity index is 2.21. The molecule has 0 bridgehead atoms. The predicted octanol–water partition coefficient (Wildman–Crippen LogP) is 4.98. The number of halogens is 1. The number of carbonyl (C=O) groups excluding carboxylic acids is 2. The maximum atomic E-state index is 13.1. The zero-order chi connectivity index (χ0) is 23.3. The van der Waals surface area contributed by atoms with Gasteiger partial charge in [-0.1, -0.05) is 41.4 Å². The lowest BCUT2D eigenvalue weighted by Gasteiger charge is -2.31. The molecular weight excluding hydrogens is 412 g/mol. The molecule has 0 saturated heterocycles. The van der Waals surface area contributed by atoms with Gasteiger partial charge in [0.05, 0.1) is 0 Å². The van der Waals surface area contributed by atoms with Crippen LogP contribution in [0.1, 0.15) is 49.9 Å². The Hall–Kier alpha value is -2.53. The first-order valence-corrected chi connectivity index (χ1v) is 10.8. The van der Waals surface area contributed by atoms with Crippen LogP contribution >= 0.6 is 11.6 Å². The third kappa shape index (κ3) is 7.28. The summed E-state index contributed by atoms with van der Waals surface area (Å²) in [5.74, 6) is 0.116. The van der Waals surface area contributed by atoms with Crippen molar-refractivity contribution in [3.63, 3.8) is 0 Å². The molecule has 0 unspecified atom stereocenters. The highest BCUT2D eigenvalue weighted by molar-refractivity contribution is 6.32. The normalized spacial score (nSPS) is 12.3. The third-order valence-electron chi connectivity index (χ3n) is 4.87. The zero-order valence-corrected chi connectivity index (χ0v) is 20.3. The van der Waals surface area contributed by atoms with Crippen LogP contribution in [0, 0.1) is 20.8 Å². The number of ether oxygens (including phenoxy) is 1. The first kappa shape index (κ1) is 24.7. The molecule has 0 aliphatic rings. The van der Waals surface area contributed by atoms with Crippen LogP contribution in [0.2, 0.25) is 5.02 Å². The Kier molecular flexibility index (Phi) is 8.13. The van der Waals surface area contributed by atoms with Gasteiger partial charge >= 0.3 is 0 Å². The van der Waals surface area contributed by atoms with Gasteiger partial charge in [-0.05, 0) is 77.3 Å². The topological polar surface area (TPSA) is 58.6 Å². The molecule has 0 spiro atoms. The van der Waals surface area contributed by atoms with Gasteiger partial charge < -0.3 is 15.0 Å². The molecule has 2 aromatic carbocycles. The van der Waals surface area contributed by atoms with Crippen molar-refractivity contribution in [1.82, 2.24) is 10.2 Å². The second-order valence-corrected chi connectivity index (χ2v) is 9.46. The van der Waals surface area contributed by atoms with E-state index in [0.717, 1.165) is 22.3 Å². The second kappa shape index (κ2) is 10.2. The van der Waals surface area contributed by atoms with Gasteiger partial charge in [-0.2, -0.15) is 0 Å². The Morgan fingerprint density at radius 1 is 1.10 bits per heavy atom. The van der Waals surface area contributed by atoms with Gasteiger partial charge in [0.1, 0.15) is 11.8 Å². The van der Waals surface area contributed by atoms with E-state index in [4.69, 9.17) is 16.3 Å². The summed E-state index contributed by atoms with van der Waals surface area (Å²) in [5.41, 5.74) is 3.44. The molecule has 2 rings (SSSR count). The van der Waals surface area contributed by atoms with Crippen molar-refractivity contribution in [3.8, 4) is 5.75 Å². The summed E-state index contributed by atoms with van der Waals surface area (Å²) in [6.07, 6.45) is 0. The van der Waals surface area contributed by atoms with E-state index in [0.29, 0.717) is 17.3 Å². The van der Waals surface area contributed by atoms with E-state index >= 15 is 0 Å². The summed E-state index contributed by atoms with van der Waals surface area (Å²) >= 11 is 6.22. The fraction of sp³-hybridized carbons (Fsp3) is 0.440. The van der Waals surface area contributed by atoms with Gasteiger partial charge in [0, 0.05) is 17.1 Å². The van der Waals surface area contributed by atoms with E-state index in [-0.39, 0.29) is 18.4 Å². The molecule has 0 heterocycles. The molecule has 0 aliphatic carbocycles. The van der Waals surface area contributed by atoms with Crippen molar-refractivity contribution in [2.45, 2.75) is 66.6 Å². The smallest absolute Gasteiger partial charge is 0.261 e. The highest BCUT2D eigenvalue weighted by Gasteiger charge is 2.28. The summed E-state index contributed by atoms with van der Waals surface area (Å²) in [6, 6.07) is 10.9. The molecule has 5 nitrogen and oxygen atoms in total. The van der Waals surface area contributed by atoms with Gasteiger partial charge in [-0.25, -0.2) is 0 Å². The molecule has 168 valence electrons. The Labute approximate surface area is 190 Å². The van der Waals surface area contributed by atoms with Crippen LogP contribution in [-0.2, 0) is 16.1 Å². The van der Waals surface area contributed by atoms with Crippen molar-refractivity contribution >= 4 is 23.4 Å². The van der Waals surface area contributed by atoms with Crippen molar-refractivity contribution < 1.29 is 14.3 Å². The lowest BCUT2D eigenvalue weighted by atomic mass is 10.1. The third-order valence-corrected chi connectivity index (χ3v) is 5.47. The molecule has 2 amide bonds. The number of benzene rings is 2. The first-order valence-electron chi connectivity index (χ1n) is 10.4. The Morgan fingerprint density at radius 3 is 2.26 bits per heavy atom. The molecule has 0 fully saturated rings. The summed E-state index contributed by atoms with van der Waals surface area (Å²) in [7, 11) is 0. The number of carbonyl (C=O) groups is 2. The molecule has 6 heteroatoms. The number of aryl methyl sites for hydroxylation is 3. The number of amides is 2. The minimum absolute atomic E-state index is 0.167. The standard InChI is InChI=1S/C25H33ClN2O3/c1-16-9-8-10-20(11-16)14-28(19(4)24(30)27-25(5,6)7)22(29)15-31-21-12-17(2)23(26)18(3)13-21/h8-13,19H,14-15H2,1-7H3,(H,27,30)/t19-/m1/s1. The second-order valence-electron chi connectivity index (χ2n) is 9.09. The molecule has 0 saturated carbocycles. The lowest BCUT2D eigenvalue weighted by molar-refractivity contribution is -0.142. The van der Waals surface area contributed by atoms with Crippen LogP contribution in [0.5, 0.6) is 5.75 Å². The van der Waals surface area contributed by atoms with Crippen molar-refractivity contribution in [3.05, 3.63) is 63.7 Å². The Bertz CT molecular complexity index is 927. The number of rotatable bonds is 7. The Morgan fingerprint density at radius 2 is 1.71 bits per heavy atom. The lowest BCUT2D eigenvalue weighted by Crippen LogP contribution is -2.53. The van der Waals surface area contributed by atoms with Gasteiger partial charge in [-0.15, -0.1) is 0 Å². The average Bonchev–Trinajstić information content (AvgIpc) is 2.66. The van der Waals surface area contributed by atoms with Crippen LogP contribution in [-0.4, -0.2) is 34.9 Å². The highest BCUT2D eigenvalue weighted by atomic mass is 35.5. The molecule has 0 aromatic heterocycles. The minimum Gasteiger partial charge on any atom is -0.484 e. The number of nitrogens with one attached hydrogen (secondary N) is 1.